The minimum Gasteiger partial charge on any atom is -0.396 e. The molecule has 1 heterocycles. The van der Waals surface area contributed by atoms with Gasteiger partial charge < -0.3 is 16.8 Å². The number of primary amides is 1. The second-order valence-corrected chi connectivity index (χ2v) is 5.74. The lowest BCUT2D eigenvalue weighted by molar-refractivity contribution is 0.100. The Kier molecular flexibility index (Phi) is 4.45. The van der Waals surface area contributed by atoms with Crippen LogP contribution in [0.15, 0.2) is 30.3 Å². The van der Waals surface area contributed by atoms with Crippen LogP contribution in [0.25, 0.3) is 0 Å². The standard InChI is InChI=1S/C15H16N4OS/c1-9(10-5-3-2-4-6-10)8-19-15-11(7-16)12(17)13(21-15)14(18)20/h2-6,9,19H,8,17H2,1H3,(H2,18,20). The molecule has 0 aliphatic heterocycles. The van der Waals surface area contributed by atoms with Gasteiger partial charge in [-0.05, 0) is 11.5 Å². The first-order chi connectivity index (χ1) is 10.0. The van der Waals surface area contributed by atoms with E-state index in [9.17, 15) is 4.79 Å². The van der Waals surface area contributed by atoms with Crippen LogP contribution in [-0.4, -0.2) is 12.5 Å². The number of benzene rings is 1. The minimum atomic E-state index is -0.613. The van der Waals surface area contributed by atoms with Crippen LogP contribution in [0, 0.1) is 11.3 Å². The molecule has 1 unspecified atom stereocenters. The lowest BCUT2D eigenvalue weighted by Crippen LogP contribution is -2.10. The van der Waals surface area contributed by atoms with Crippen molar-refractivity contribution in [1.82, 2.24) is 0 Å². The minimum absolute atomic E-state index is 0.157. The Morgan fingerprint density at radius 2 is 2.10 bits per heavy atom. The van der Waals surface area contributed by atoms with Gasteiger partial charge in [-0.15, -0.1) is 11.3 Å². The lowest BCUT2D eigenvalue weighted by atomic mass is 10.0. The van der Waals surface area contributed by atoms with Gasteiger partial charge in [-0.25, -0.2) is 0 Å². The molecule has 0 saturated carbocycles. The number of nitriles is 1. The molecule has 5 N–H and O–H groups in total. The third kappa shape index (κ3) is 3.15. The van der Waals surface area contributed by atoms with E-state index >= 15 is 0 Å². The summed E-state index contributed by atoms with van der Waals surface area (Å²) >= 11 is 1.12. The van der Waals surface area contributed by atoms with E-state index in [1.807, 2.05) is 24.3 Å². The molecule has 2 rings (SSSR count). The summed E-state index contributed by atoms with van der Waals surface area (Å²) in [6, 6.07) is 12.1. The van der Waals surface area contributed by atoms with Crippen LogP contribution in [0.4, 0.5) is 10.7 Å². The van der Waals surface area contributed by atoms with E-state index in [0.29, 0.717) is 11.5 Å². The Bertz CT molecular complexity index is 688. The van der Waals surface area contributed by atoms with Gasteiger partial charge in [-0.1, -0.05) is 37.3 Å². The van der Waals surface area contributed by atoms with Gasteiger partial charge in [0.1, 0.15) is 21.5 Å². The molecule has 1 aromatic carbocycles. The third-order valence-corrected chi connectivity index (χ3v) is 4.40. The van der Waals surface area contributed by atoms with Gasteiger partial charge in [0.25, 0.3) is 5.91 Å². The van der Waals surface area contributed by atoms with Gasteiger partial charge in [-0.2, -0.15) is 5.26 Å². The van der Waals surface area contributed by atoms with Gasteiger partial charge in [0.2, 0.25) is 0 Å². The molecular weight excluding hydrogens is 284 g/mol. The van der Waals surface area contributed by atoms with Crippen molar-refractivity contribution in [3.63, 3.8) is 0 Å². The van der Waals surface area contributed by atoms with E-state index in [-0.39, 0.29) is 22.0 Å². The Labute approximate surface area is 127 Å². The molecule has 6 heteroatoms. The van der Waals surface area contributed by atoms with Crippen molar-refractivity contribution in [3.05, 3.63) is 46.3 Å². The molecule has 0 spiro atoms. The predicted octanol–water partition coefficient (Wildman–Crippen LogP) is 2.52. The molecule has 0 fully saturated rings. The van der Waals surface area contributed by atoms with Crippen LogP contribution >= 0.6 is 11.3 Å². The predicted molar refractivity (Wildman–Crippen MR) is 85.3 cm³/mol. The van der Waals surface area contributed by atoms with Gasteiger partial charge in [0.15, 0.2) is 0 Å². The molecule has 1 atom stereocenters. The Hall–Kier alpha value is -2.52. The summed E-state index contributed by atoms with van der Waals surface area (Å²) in [6.45, 7) is 2.72. The van der Waals surface area contributed by atoms with Crippen LogP contribution in [0.2, 0.25) is 0 Å². The molecule has 1 amide bonds. The average Bonchev–Trinajstić information content (AvgIpc) is 2.81. The third-order valence-electron chi connectivity index (χ3n) is 3.22. The van der Waals surface area contributed by atoms with Gasteiger partial charge in [-0.3, -0.25) is 4.79 Å². The van der Waals surface area contributed by atoms with Crippen LogP contribution in [0.3, 0.4) is 0 Å². The highest BCUT2D eigenvalue weighted by Crippen LogP contribution is 2.35. The van der Waals surface area contributed by atoms with Crippen molar-refractivity contribution in [1.29, 1.82) is 5.26 Å². The number of amides is 1. The number of nitrogens with one attached hydrogen (secondary N) is 1. The smallest absolute Gasteiger partial charge is 0.261 e. The van der Waals surface area contributed by atoms with Crippen molar-refractivity contribution in [2.24, 2.45) is 5.73 Å². The molecule has 21 heavy (non-hydrogen) atoms. The number of nitrogen functional groups attached to an aromatic ring is 1. The lowest BCUT2D eigenvalue weighted by Gasteiger charge is -2.13. The van der Waals surface area contributed by atoms with Crippen molar-refractivity contribution in [3.8, 4) is 6.07 Å². The van der Waals surface area contributed by atoms with Crippen molar-refractivity contribution >= 4 is 27.9 Å². The van der Waals surface area contributed by atoms with E-state index < -0.39 is 5.91 Å². The summed E-state index contributed by atoms with van der Waals surface area (Å²) < 4.78 is 0. The molecule has 0 radical (unpaired) electrons. The first-order valence-electron chi connectivity index (χ1n) is 6.45. The number of nitrogens with two attached hydrogens (primary N) is 2. The molecule has 2 aromatic rings. The number of thiophene rings is 1. The summed E-state index contributed by atoms with van der Waals surface area (Å²) in [5.74, 6) is -0.351. The highest BCUT2D eigenvalue weighted by atomic mass is 32.1. The van der Waals surface area contributed by atoms with Crippen molar-refractivity contribution in [2.45, 2.75) is 12.8 Å². The number of carbonyl (C=O) groups is 1. The van der Waals surface area contributed by atoms with Gasteiger partial charge in [0, 0.05) is 6.54 Å². The summed E-state index contributed by atoms with van der Waals surface area (Å²) in [6.07, 6.45) is 0. The fourth-order valence-electron chi connectivity index (χ4n) is 2.01. The zero-order chi connectivity index (χ0) is 15.4. The van der Waals surface area contributed by atoms with E-state index in [0.717, 1.165) is 11.3 Å². The number of rotatable bonds is 5. The van der Waals surface area contributed by atoms with E-state index in [1.165, 1.54) is 5.56 Å². The highest BCUT2D eigenvalue weighted by molar-refractivity contribution is 7.18. The largest absolute Gasteiger partial charge is 0.396 e. The summed E-state index contributed by atoms with van der Waals surface area (Å²) in [5.41, 5.74) is 12.7. The Morgan fingerprint density at radius 3 is 2.67 bits per heavy atom. The molecule has 0 bridgehead atoms. The quantitative estimate of drug-likeness (QED) is 0.789. The first kappa shape index (κ1) is 14.9. The fraction of sp³-hybridized carbons (Fsp3) is 0.200. The van der Waals surface area contributed by atoms with Crippen LogP contribution < -0.4 is 16.8 Å². The summed E-state index contributed by atoms with van der Waals surface area (Å²) in [4.78, 5) is 11.5. The second-order valence-electron chi connectivity index (χ2n) is 4.72. The summed E-state index contributed by atoms with van der Waals surface area (Å²) in [5, 5.41) is 12.9. The molecule has 0 saturated heterocycles. The highest BCUT2D eigenvalue weighted by Gasteiger charge is 2.19. The summed E-state index contributed by atoms with van der Waals surface area (Å²) in [7, 11) is 0. The Morgan fingerprint density at radius 1 is 1.43 bits per heavy atom. The average molecular weight is 300 g/mol. The normalized spacial score (nSPS) is 11.6. The monoisotopic (exact) mass is 300 g/mol. The number of carbonyl (C=O) groups excluding carboxylic acids is 1. The van der Waals surface area contributed by atoms with E-state index in [1.54, 1.807) is 0 Å². The number of hydrogen-bond donors (Lipinski definition) is 3. The van der Waals surface area contributed by atoms with E-state index in [2.05, 4.69) is 24.4 Å². The molecule has 0 aliphatic carbocycles. The van der Waals surface area contributed by atoms with Crippen LogP contribution in [0.5, 0.6) is 0 Å². The maximum absolute atomic E-state index is 11.3. The van der Waals surface area contributed by atoms with Crippen molar-refractivity contribution in [2.75, 3.05) is 17.6 Å². The molecule has 0 aliphatic rings. The second kappa shape index (κ2) is 6.29. The van der Waals surface area contributed by atoms with Crippen LogP contribution in [0.1, 0.15) is 33.6 Å². The Balaban J connectivity index is 2.16. The van der Waals surface area contributed by atoms with Gasteiger partial charge >= 0.3 is 0 Å². The molecular formula is C15H16N4OS. The zero-order valence-corrected chi connectivity index (χ0v) is 12.4. The van der Waals surface area contributed by atoms with Crippen LogP contribution in [-0.2, 0) is 0 Å². The maximum Gasteiger partial charge on any atom is 0.261 e. The zero-order valence-electron chi connectivity index (χ0n) is 11.6. The number of anilines is 2. The molecule has 5 nitrogen and oxygen atoms in total. The SMILES string of the molecule is CC(CNc1sc(C(N)=O)c(N)c1C#N)c1ccccc1. The van der Waals surface area contributed by atoms with Crippen molar-refractivity contribution < 1.29 is 4.79 Å². The van der Waals surface area contributed by atoms with Gasteiger partial charge in [0.05, 0.1) is 5.69 Å². The number of hydrogen-bond acceptors (Lipinski definition) is 5. The number of nitrogens with zero attached hydrogens (tertiary/aromatic N) is 1. The molecule has 108 valence electrons. The first-order valence-corrected chi connectivity index (χ1v) is 7.27. The topological polar surface area (TPSA) is 105 Å². The van der Waals surface area contributed by atoms with E-state index in [4.69, 9.17) is 16.7 Å². The maximum atomic E-state index is 11.3. The molecule has 1 aromatic heterocycles. The fourth-order valence-corrected chi connectivity index (χ4v) is 2.94.